The van der Waals surface area contributed by atoms with Gasteiger partial charge in [-0.15, -0.1) is 24.0 Å². The van der Waals surface area contributed by atoms with E-state index in [1.165, 1.54) is 7.11 Å². The van der Waals surface area contributed by atoms with Crippen molar-refractivity contribution in [1.82, 2.24) is 15.5 Å². The lowest BCUT2D eigenvalue weighted by Gasteiger charge is -2.26. The number of rotatable bonds is 6. The van der Waals surface area contributed by atoms with Crippen molar-refractivity contribution in [3.8, 4) is 0 Å². The van der Waals surface area contributed by atoms with E-state index in [0.717, 1.165) is 25.3 Å². The highest BCUT2D eigenvalue weighted by Crippen LogP contribution is 2.24. The number of carbonyl (C=O) groups excluding carboxylic acids is 2. The van der Waals surface area contributed by atoms with Crippen LogP contribution in [0.15, 0.2) is 4.99 Å². The highest BCUT2D eigenvalue weighted by atomic mass is 127. The highest BCUT2D eigenvalue weighted by Gasteiger charge is 2.37. The van der Waals surface area contributed by atoms with Crippen molar-refractivity contribution in [2.45, 2.75) is 59.1 Å². The first-order chi connectivity index (χ1) is 12.6. The lowest BCUT2D eigenvalue weighted by atomic mass is 9.99. The summed E-state index contributed by atoms with van der Waals surface area (Å²) in [6, 6.07) is -0.0713. The van der Waals surface area contributed by atoms with Crippen molar-refractivity contribution in [2.75, 3.05) is 33.8 Å². The van der Waals surface area contributed by atoms with Crippen LogP contribution in [0.25, 0.3) is 0 Å². The van der Waals surface area contributed by atoms with E-state index in [2.05, 4.69) is 27.4 Å². The molecule has 1 saturated heterocycles. The molecule has 3 unspecified atom stereocenters. The zero-order valence-electron chi connectivity index (χ0n) is 18.2. The number of methoxy groups -OCH3 is 1. The molecule has 28 heavy (non-hydrogen) atoms. The molecule has 3 atom stereocenters. The monoisotopic (exact) mass is 512 g/mol. The van der Waals surface area contributed by atoms with E-state index < -0.39 is 11.7 Å². The molecular formula is C19H37IN4O4. The van der Waals surface area contributed by atoms with E-state index in [1.54, 1.807) is 7.05 Å². The van der Waals surface area contributed by atoms with Gasteiger partial charge in [0.25, 0.3) is 0 Å². The fourth-order valence-electron chi connectivity index (χ4n) is 3.19. The Hall–Kier alpha value is -1.26. The molecule has 0 bridgehead atoms. The predicted molar refractivity (Wildman–Crippen MR) is 121 cm³/mol. The minimum atomic E-state index is -0.529. The number of alkyl carbamates (subject to hydrolysis) is 1. The summed E-state index contributed by atoms with van der Waals surface area (Å²) in [4.78, 5) is 30.3. The predicted octanol–water partition coefficient (Wildman–Crippen LogP) is 2.61. The number of nitrogens with zero attached hydrogens (tertiary/aromatic N) is 2. The number of esters is 1. The number of carbonyl (C=O) groups is 2. The van der Waals surface area contributed by atoms with Gasteiger partial charge in [-0.3, -0.25) is 9.79 Å². The normalized spacial score (nSPS) is 20.8. The van der Waals surface area contributed by atoms with Gasteiger partial charge < -0.3 is 25.0 Å². The quantitative estimate of drug-likeness (QED) is 0.246. The molecule has 0 saturated carbocycles. The van der Waals surface area contributed by atoms with Gasteiger partial charge in [0, 0.05) is 32.7 Å². The van der Waals surface area contributed by atoms with Crippen LogP contribution in [0.2, 0.25) is 0 Å². The third-order valence-corrected chi connectivity index (χ3v) is 4.49. The van der Waals surface area contributed by atoms with Crippen molar-refractivity contribution >= 4 is 42.0 Å². The summed E-state index contributed by atoms with van der Waals surface area (Å²) >= 11 is 0. The van der Waals surface area contributed by atoms with E-state index in [-0.39, 0.29) is 47.8 Å². The lowest BCUT2D eigenvalue weighted by Crippen LogP contribution is -2.49. The Morgan fingerprint density at radius 3 is 2.43 bits per heavy atom. The van der Waals surface area contributed by atoms with Gasteiger partial charge in [0.15, 0.2) is 5.96 Å². The molecule has 0 radical (unpaired) electrons. The molecule has 1 aliphatic heterocycles. The average Bonchev–Trinajstić information content (AvgIpc) is 2.94. The van der Waals surface area contributed by atoms with Crippen molar-refractivity contribution in [2.24, 2.45) is 16.8 Å². The Labute approximate surface area is 186 Å². The number of ether oxygens (including phenoxy) is 2. The number of likely N-dealkylation sites (tertiary alicyclic amines) is 1. The zero-order chi connectivity index (χ0) is 20.6. The number of halogens is 1. The van der Waals surface area contributed by atoms with E-state index in [0.29, 0.717) is 13.1 Å². The van der Waals surface area contributed by atoms with Gasteiger partial charge in [-0.25, -0.2) is 4.79 Å². The number of hydrogen-bond acceptors (Lipinski definition) is 5. The molecule has 2 N–H and O–H groups in total. The lowest BCUT2D eigenvalue weighted by molar-refractivity contribution is -0.146. The fourth-order valence-corrected chi connectivity index (χ4v) is 3.19. The van der Waals surface area contributed by atoms with Crippen LogP contribution in [0, 0.1) is 11.8 Å². The Kier molecular flexibility index (Phi) is 11.8. The van der Waals surface area contributed by atoms with Crippen LogP contribution in [0.5, 0.6) is 0 Å². The molecule has 164 valence electrons. The van der Waals surface area contributed by atoms with Crippen molar-refractivity contribution < 1.29 is 19.1 Å². The summed E-state index contributed by atoms with van der Waals surface area (Å²) in [5.74, 6) is 0.582. The van der Waals surface area contributed by atoms with Gasteiger partial charge in [0.2, 0.25) is 0 Å². The fraction of sp³-hybridized carbons (Fsp3) is 0.842. The average molecular weight is 512 g/mol. The number of hydrogen-bond donors (Lipinski definition) is 2. The molecule has 8 nitrogen and oxygen atoms in total. The van der Waals surface area contributed by atoms with Crippen LogP contribution in [-0.4, -0.2) is 68.4 Å². The Morgan fingerprint density at radius 2 is 1.93 bits per heavy atom. The molecule has 1 amide bonds. The van der Waals surface area contributed by atoms with Crippen LogP contribution in [-0.2, 0) is 14.3 Å². The molecule has 0 aliphatic carbocycles. The topological polar surface area (TPSA) is 92.3 Å². The molecule has 0 aromatic heterocycles. The molecule has 0 spiro atoms. The van der Waals surface area contributed by atoms with E-state index in [9.17, 15) is 9.59 Å². The van der Waals surface area contributed by atoms with Crippen LogP contribution >= 0.6 is 24.0 Å². The van der Waals surface area contributed by atoms with Crippen LogP contribution in [0.3, 0.4) is 0 Å². The number of nitrogens with one attached hydrogen (secondary N) is 2. The molecular weight excluding hydrogens is 475 g/mol. The summed E-state index contributed by atoms with van der Waals surface area (Å²) in [7, 11) is 3.14. The van der Waals surface area contributed by atoms with Gasteiger partial charge in [-0.1, -0.05) is 20.3 Å². The maximum atomic E-state index is 12.1. The van der Waals surface area contributed by atoms with Gasteiger partial charge in [0.05, 0.1) is 13.0 Å². The van der Waals surface area contributed by atoms with Gasteiger partial charge in [0.1, 0.15) is 5.60 Å². The maximum Gasteiger partial charge on any atom is 0.407 e. The molecule has 9 heteroatoms. The molecule has 1 aliphatic rings. The first-order valence-electron chi connectivity index (χ1n) is 9.64. The Balaban J connectivity index is 0.00000729. The third kappa shape index (κ3) is 8.83. The van der Waals surface area contributed by atoms with Gasteiger partial charge in [-0.05, 0) is 33.1 Å². The Morgan fingerprint density at radius 1 is 1.29 bits per heavy atom. The summed E-state index contributed by atoms with van der Waals surface area (Å²) in [5, 5.41) is 6.23. The third-order valence-electron chi connectivity index (χ3n) is 4.49. The summed E-state index contributed by atoms with van der Waals surface area (Å²) < 4.78 is 10.2. The van der Waals surface area contributed by atoms with E-state index in [4.69, 9.17) is 9.47 Å². The van der Waals surface area contributed by atoms with Gasteiger partial charge in [-0.2, -0.15) is 0 Å². The van der Waals surface area contributed by atoms with Crippen LogP contribution in [0.4, 0.5) is 4.79 Å². The number of guanidine groups is 1. The summed E-state index contributed by atoms with van der Waals surface area (Å²) in [6.45, 7) is 11.5. The first kappa shape index (κ1) is 26.7. The first-order valence-corrected chi connectivity index (χ1v) is 9.64. The second kappa shape index (κ2) is 12.3. The van der Waals surface area contributed by atoms with Crippen LogP contribution < -0.4 is 10.6 Å². The van der Waals surface area contributed by atoms with Crippen LogP contribution in [0.1, 0.15) is 47.5 Å². The smallest absolute Gasteiger partial charge is 0.407 e. The molecule has 0 aromatic rings. The minimum absolute atomic E-state index is 0. The van der Waals surface area contributed by atoms with Crippen molar-refractivity contribution in [3.63, 3.8) is 0 Å². The minimum Gasteiger partial charge on any atom is -0.469 e. The molecule has 1 rings (SSSR count). The van der Waals surface area contributed by atoms with E-state index >= 15 is 0 Å². The van der Waals surface area contributed by atoms with Crippen molar-refractivity contribution in [1.29, 1.82) is 0 Å². The summed E-state index contributed by atoms with van der Waals surface area (Å²) in [5.41, 5.74) is -0.529. The van der Waals surface area contributed by atoms with Crippen molar-refractivity contribution in [3.05, 3.63) is 0 Å². The highest BCUT2D eigenvalue weighted by molar-refractivity contribution is 14.0. The number of amides is 1. The molecule has 0 aromatic carbocycles. The largest absolute Gasteiger partial charge is 0.469 e. The summed E-state index contributed by atoms with van der Waals surface area (Å²) in [6.07, 6.45) is 1.34. The Bertz CT molecular complexity index is 537. The standard InChI is InChI=1S/C19H36N4O4.HI/c1-8-9-14(22-18(25)27-19(3,4)5)10-21-17(20-6)23-11-13(2)15(12-23)16(24)26-7;/h13-15H,8-12H2,1-7H3,(H,20,21)(H,22,25);1H. The van der Waals surface area contributed by atoms with Gasteiger partial charge >= 0.3 is 12.1 Å². The molecule has 1 fully saturated rings. The van der Waals surface area contributed by atoms with E-state index in [1.807, 2.05) is 27.7 Å². The second-order valence-corrected chi connectivity index (χ2v) is 8.07. The zero-order valence-corrected chi connectivity index (χ0v) is 20.5. The second-order valence-electron chi connectivity index (χ2n) is 8.07. The number of aliphatic imine (C=N–C) groups is 1. The SMILES string of the molecule is CCCC(CNC(=NC)N1CC(C)C(C(=O)OC)C1)NC(=O)OC(C)(C)C.I. The maximum absolute atomic E-state index is 12.1. The molecule has 1 heterocycles.